The van der Waals surface area contributed by atoms with E-state index in [9.17, 15) is 4.39 Å². The molecule has 1 unspecified atom stereocenters. The number of aryl methyl sites for hydroxylation is 1. The largest absolute Gasteiger partial charge is 0.464 e. The highest BCUT2D eigenvalue weighted by Gasteiger charge is 2.17. The second kappa shape index (κ2) is 5.55. The van der Waals surface area contributed by atoms with Crippen molar-refractivity contribution in [3.8, 4) is 0 Å². The van der Waals surface area contributed by atoms with Crippen LogP contribution >= 0.6 is 11.6 Å². The highest BCUT2D eigenvalue weighted by atomic mass is 35.5. The molecule has 0 aliphatic carbocycles. The van der Waals surface area contributed by atoms with Crippen LogP contribution in [0, 0.1) is 5.82 Å². The number of hydrogen-bond acceptors (Lipinski definition) is 2. The van der Waals surface area contributed by atoms with Gasteiger partial charge in [0.05, 0.1) is 11.1 Å². The van der Waals surface area contributed by atoms with Gasteiger partial charge in [-0.1, -0.05) is 24.6 Å². The number of furan rings is 1. The van der Waals surface area contributed by atoms with Gasteiger partial charge in [0.2, 0.25) is 0 Å². The van der Waals surface area contributed by atoms with Gasteiger partial charge in [-0.15, -0.1) is 0 Å². The Kier molecular flexibility index (Phi) is 4.04. The summed E-state index contributed by atoms with van der Waals surface area (Å²) >= 11 is 5.68. The summed E-state index contributed by atoms with van der Waals surface area (Å²) in [4.78, 5) is 0. The lowest BCUT2D eigenvalue weighted by Crippen LogP contribution is -2.17. The minimum atomic E-state index is -0.420. The van der Waals surface area contributed by atoms with Gasteiger partial charge in [-0.05, 0) is 36.9 Å². The van der Waals surface area contributed by atoms with E-state index in [1.807, 2.05) is 26.1 Å². The van der Waals surface area contributed by atoms with Crippen molar-refractivity contribution in [1.29, 1.82) is 0 Å². The summed E-state index contributed by atoms with van der Waals surface area (Å²) in [6, 6.07) is 8.45. The zero-order valence-corrected chi connectivity index (χ0v) is 11.1. The van der Waals surface area contributed by atoms with Crippen LogP contribution in [0.2, 0.25) is 5.02 Å². The van der Waals surface area contributed by atoms with E-state index in [2.05, 4.69) is 5.32 Å². The predicted octanol–water partition coefficient (Wildman–Crippen LogP) is 3.94. The maximum Gasteiger partial charge on any atom is 0.142 e. The lowest BCUT2D eigenvalue weighted by atomic mass is 10.0. The van der Waals surface area contributed by atoms with E-state index in [0.717, 1.165) is 23.5 Å². The molecule has 96 valence electrons. The molecular weight excluding hydrogens is 253 g/mol. The topological polar surface area (TPSA) is 25.2 Å². The Hall–Kier alpha value is -1.32. The van der Waals surface area contributed by atoms with Crippen molar-refractivity contribution in [3.05, 3.63) is 58.3 Å². The molecule has 0 saturated heterocycles. The molecule has 1 aromatic carbocycles. The maximum atomic E-state index is 13.5. The number of benzene rings is 1. The second-order valence-electron chi connectivity index (χ2n) is 4.05. The molecule has 0 bridgehead atoms. The van der Waals surface area contributed by atoms with Crippen LogP contribution in [0.3, 0.4) is 0 Å². The SMILES string of the molecule is CCc1ccc(C(NC)c2ccc(Cl)c(F)c2)o1. The van der Waals surface area contributed by atoms with Gasteiger partial charge in [-0.25, -0.2) is 4.39 Å². The van der Waals surface area contributed by atoms with E-state index < -0.39 is 5.82 Å². The average molecular weight is 268 g/mol. The van der Waals surface area contributed by atoms with Gasteiger partial charge in [0.15, 0.2) is 0 Å². The Morgan fingerprint density at radius 2 is 2.11 bits per heavy atom. The molecule has 2 aromatic rings. The van der Waals surface area contributed by atoms with Gasteiger partial charge in [0.25, 0.3) is 0 Å². The maximum absolute atomic E-state index is 13.5. The fourth-order valence-electron chi connectivity index (χ4n) is 1.90. The van der Waals surface area contributed by atoms with Crippen LogP contribution in [0.4, 0.5) is 4.39 Å². The molecule has 0 radical (unpaired) electrons. The van der Waals surface area contributed by atoms with Crippen LogP contribution in [0.1, 0.15) is 30.0 Å². The summed E-state index contributed by atoms with van der Waals surface area (Å²) < 4.78 is 19.2. The summed E-state index contributed by atoms with van der Waals surface area (Å²) in [6.07, 6.45) is 0.839. The Morgan fingerprint density at radius 3 is 2.67 bits per heavy atom. The van der Waals surface area contributed by atoms with Gasteiger partial charge in [0.1, 0.15) is 17.3 Å². The number of hydrogen-bond donors (Lipinski definition) is 1. The number of nitrogens with one attached hydrogen (secondary N) is 1. The number of rotatable bonds is 4. The van der Waals surface area contributed by atoms with E-state index in [4.69, 9.17) is 16.0 Å². The number of halogens is 2. The van der Waals surface area contributed by atoms with Crippen molar-refractivity contribution in [1.82, 2.24) is 5.32 Å². The third-order valence-electron chi connectivity index (χ3n) is 2.88. The summed E-state index contributed by atoms with van der Waals surface area (Å²) in [5.41, 5.74) is 0.788. The Balaban J connectivity index is 2.35. The van der Waals surface area contributed by atoms with Gasteiger partial charge < -0.3 is 9.73 Å². The van der Waals surface area contributed by atoms with Gasteiger partial charge in [-0.3, -0.25) is 0 Å². The fraction of sp³-hybridized carbons (Fsp3) is 0.286. The normalized spacial score (nSPS) is 12.7. The minimum absolute atomic E-state index is 0.127. The molecule has 0 aliphatic rings. The van der Waals surface area contributed by atoms with Crippen LogP contribution in [-0.4, -0.2) is 7.05 Å². The third kappa shape index (κ3) is 2.57. The van der Waals surface area contributed by atoms with E-state index in [1.54, 1.807) is 12.1 Å². The van der Waals surface area contributed by atoms with E-state index in [1.165, 1.54) is 6.07 Å². The van der Waals surface area contributed by atoms with Crippen LogP contribution in [0.25, 0.3) is 0 Å². The first-order valence-electron chi connectivity index (χ1n) is 5.86. The molecule has 2 nitrogen and oxygen atoms in total. The van der Waals surface area contributed by atoms with Crippen LogP contribution in [0.15, 0.2) is 34.7 Å². The first-order chi connectivity index (χ1) is 8.65. The standard InChI is InChI=1S/C14H15ClFNO/c1-3-10-5-7-13(18-10)14(17-2)9-4-6-11(15)12(16)8-9/h4-8,14,17H,3H2,1-2H3. The van der Waals surface area contributed by atoms with E-state index >= 15 is 0 Å². The lowest BCUT2D eigenvalue weighted by molar-refractivity contribution is 0.433. The van der Waals surface area contributed by atoms with Crippen molar-refractivity contribution >= 4 is 11.6 Å². The molecule has 0 aliphatic heterocycles. The zero-order valence-electron chi connectivity index (χ0n) is 10.3. The van der Waals surface area contributed by atoms with Crippen molar-refractivity contribution < 1.29 is 8.81 Å². The smallest absolute Gasteiger partial charge is 0.142 e. The summed E-state index contributed by atoms with van der Waals surface area (Å²) in [5.74, 6) is 1.27. The van der Waals surface area contributed by atoms with Crippen molar-refractivity contribution in [2.45, 2.75) is 19.4 Å². The molecule has 4 heteroatoms. The van der Waals surface area contributed by atoms with E-state index in [0.29, 0.717) is 0 Å². The lowest BCUT2D eigenvalue weighted by Gasteiger charge is -2.14. The highest BCUT2D eigenvalue weighted by molar-refractivity contribution is 6.30. The summed E-state index contributed by atoms with van der Waals surface area (Å²) in [7, 11) is 1.81. The molecule has 1 aromatic heterocycles. The van der Waals surface area contributed by atoms with Gasteiger partial charge in [0, 0.05) is 6.42 Å². The summed E-state index contributed by atoms with van der Waals surface area (Å²) in [5, 5.41) is 3.24. The third-order valence-corrected chi connectivity index (χ3v) is 3.19. The quantitative estimate of drug-likeness (QED) is 0.908. The molecule has 18 heavy (non-hydrogen) atoms. The van der Waals surface area contributed by atoms with E-state index in [-0.39, 0.29) is 11.1 Å². The highest BCUT2D eigenvalue weighted by Crippen LogP contribution is 2.26. The Labute approximate surface area is 111 Å². The molecule has 0 spiro atoms. The molecule has 0 saturated carbocycles. The van der Waals surface area contributed by atoms with Crippen LogP contribution in [-0.2, 0) is 6.42 Å². The Bertz CT molecular complexity index is 538. The first-order valence-corrected chi connectivity index (χ1v) is 6.24. The molecule has 0 fully saturated rings. The van der Waals surface area contributed by atoms with Crippen molar-refractivity contribution in [2.24, 2.45) is 0 Å². The average Bonchev–Trinajstić information content (AvgIpc) is 2.83. The second-order valence-corrected chi connectivity index (χ2v) is 4.46. The van der Waals surface area contributed by atoms with Crippen LogP contribution in [0.5, 0.6) is 0 Å². The van der Waals surface area contributed by atoms with Gasteiger partial charge >= 0.3 is 0 Å². The van der Waals surface area contributed by atoms with Crippen LogP contribution < -0.4 is 5.32 Å². The zero-order chi connectivity index (χ0) is 13.1. The fourth-order valence-corrected chi connectivity index (χ4v) is 2.02. The minimum Gasteiger partial charge on any atom is -0.464 e. The summed E-state index contributed by atoms with van der Waals surface area (Å²) in [6.45, 7) is 2.03. The predicted molar refractivity (Wildman–Crippen MR) is 70.4 cm³/mol. The molecule has 1 heterocycles. The monoisotopic (exact) mass is 267 g/mol. The molecule has 2 rings (SSSR count). The van der Waals surface area contributed by atoms with Crippen molar-refractivity contribution in [2.75, 3.05) is 7.05 Å². The molecule has 0 amide bonds. The van der Waals surface area contributed by atoms with Gasteiger partial charge in [-0.2, -0.15) is 0 Å². The molecular formula is C14H15ClFNO. The first kappa shape index (κ1) is 13.1. The van der Waals surface area contributed by atoms with Crippen molar-refractivity contribution in [3.63, 3.8) is 0 Å². The Morgan fingerprint density at radius 1 is 1.33 bits per heavy atom. The molecule has 1 atom stereocenters. The molecule has 1 N–H and O–H groups in total.